The van der Waals surface area contributed by atoms with Gasteiger partial charge in [-0.2, -0.15) is 0 Å². The Morgan fingerprint density at radius 3 is 2.61 bits per heavy atom. The molecule has 31 heavy (non-hydrogen) atoms. The summed E-state index contributed by atoms with van der Waals surface area (Å²) in [6.07, 6.45) is 9.49. The van der Waals surface area contributed by atoms with Gasteiger partial charge < -0.3 is 14.8 Å². The molecule has 2 heterocycles. The van der Waals surface area contributed by atoms with Gasteiger partial charge in [0.1, 0.15) is 6.61 Å². The summed E-state index contributed by atoms with van der Waals surface area (Å²) in [5.74, 6) is 0.159. The Hall–Kier alpha value is -3.06. The highest BCUT2D eigenvalue weighted by Gasteiger charge is 2.26. The SMILES string of the molecule is O=C(c1ccc(C2=N[C@H](C(=O)NCCOC3CCCCC3)CO2)cc1)c1cccnc1. The van der Waals surface area contributed by atoms with E-state index in [4.69, 9.17) is 9.47 Å². The largest absolute Gasteiger partial charge is 0.475 e. The molecule has 7 heteroatoms. The highest BCUT2D eigenvalue weighted by atomic mass is 16.5. The third-order valence-corrected chi connectivity index (χ3v) is 5.58. The average Bonchev–Trinajstić information content (AvgIpc) is 3.33. The molecule has 7 nitrogen and oxygen atoms in total. The number of benzene rings is 1. The van der Waals surface area contributed by atoms with Crippen LogP contribution in [-0.2, 0) is 14.3 Å². The maximum atomic E-state index is 12.5. The number of pyridine rings is 1. The summed E-state index contributed by atoms with van der Waals surface area (Å²) in [5, 5.41) is 2.88. The predicted octanol–water partition coefficient (Wildman–Crippen LogP) is 2.92. The van der Waals surface area contributed by atoms with Gasteiger partial charge in [0.2, 0.25) is 11.8 Å². The maximum absolute atomic E-state index is 12.5. The van der Waals surface area contributed by atoms with Crippen molar-refractivity contribution in [3.63, 3.8) is 0 Å². The zero-order chi connectivity index (χ0) is 21.5. The molecular formula is C24H27N3O4. The van der Waals surface area contributed by atoms with Crippen LogP contribution in [0.15, 0.2) is 53.8 Å². The van der Waals surface area contributed by atoms with Crippen LogP contribution in [0.25, 0.3) is 0 Å². The van der Waals surface area contributed by atoms with Gasteiger partial charge in [0.15, 0.2) is 11.8 Å². The summed E-state index contributed by atoms with van der Waals surface area (Å²) in [5.41, 5.74) is 1.83. The second-order valence-electron chi connectivity index (χ2n) is 7.83. The zero-order valence-electron chi connectivity index (χ0n) is 17.5. The van der Waals surface area contributed by atoms with Crippen molar-refractivity contribution in [2.45, 2.75) is 44.2 Å². The number of aliphatic imine (C=N–C) groups is 1. The molecule has 1 aromatic carbocycles. The maximum Gasteiger partial charge on any atom is 0.248 e. The Balaban J connectivity index is 1.27. The molecule has 4 rings (SSSR count). The summed E-state index contributed by atoms with van der Waals surface area (Å²) in [4.78, 5) is 33.2. The monoisotopic (exact) mass is 421 g/mol. The lowest BCUT2D eigenvalue weighted by Gasteiger charge is -2.22. The van der Waals surface area contributed by atoms with Crippen LogP contribution in [0, 0.1) is 0 Å². The minimum Gasteiger partial charge on any atom is -0.475 e. The molecule has 1 atom stereocenters. The minimum absolute atomic E-state index is 0.0957. The van der Waals surface area contributed by atoms with Gasteiger partial charge in [-0.05, 0) is 37.1 Å². The van der Waals surface area contributed by atoms with Crippen LogP contribution in [0.4, 0.5) is 0 Å². The van der Waals surface area contributed by atoms with E-state index in [1.807, 2.05) is 0 Å². The lowest BCUT2D eigenvalue weighted by Crippen LogP contribution is -2.37. The first-order valence-corrected chi connectivity index (χ1v) is 10.9. The quantitative estimate of drug-likeness (QED) is 0.523. The van der Waals surface area contributed by atoms with Gasteiger partial charge in [0, 0.05) is 35.6 Å². The van der Waals surface area contributed by atoms with Gasteiger partial charge >= 0.3 is 0 Å². The molecule has 162 valence electrons. The Morgan fingerprint density at radius 2 is 1.87 bits per heavy atom. The summed E-state index contributed by atoms with van der Waals surface area (Å²) < 4.78 is 11.5. The van der Waals surface area contributed by atoms with E-state index in [0.717, 1.165) is 18.4 Å². The predicted molar refractivity (Wildman–Crippen MR) is 116 cm³/mol. The van der Waals surface area contributed by atoms with Crippen molar-refractivity contribution >= 4 is 17.6 Å². The van der Waals surface area contributed by atoms with E-state index < -0.39 is 6.04 Å². The molecule has 0 bridgehead atoms. The van der Waals surface area contributed by atoms with Crippen LogP contribution in [0.3, 0.4) is 0 Å². The van der Waals surface area contributed by atoms with Crippen LogP contribution in [-0.4, -0.2) is 54.5 Å². The van der Waals surface area contributed by atoms with Crippen molar-refractivity contribution in [3.8, 4) is 0 Å². The van der Waals surface area contributed by atoms with Crippen molar-refractivity contribution < 1.29 is 19.1 Å². The molecule has 0 saturated heterocycles. The Labute approximate surface area is 181 Å². The summed E-state index contributed by atoms with van der Waals surface area (Å²) in [6, 6.07) is 9.91. The van der Waals surface area contributed by atoms with Crippen molar-refractivity contribution in [3.05, 3.63) is 65.5 Å². The zero-order valence-corrected chi connectivity index (χ0v) is 17.5. The van der Waals surface area contributed by atoms with Gasteiger partial charge in [0.25, 0.3) is 0 Å². The lowest BCUT2D eigenvalue weighted by atomic mass is 9.98. The van der Waals surface area contributed by atoms with Crippen LogP contribution in [0.2, 0.25) is 0 Å². The third kappa shape index (κ3) is 5.55. The van der Waals surface area contributed by atoms with Crippen LogP contribution >= 0.6 is 0 Å². The fourth-order valence-electron chi connectivity index (χ4n) is 3.84. The number of nitrogens with one attached hydrogen (secondary N) is 1. The lowest BCUT2D eigenvalue weighted by molar-refractivity contribution is -0.122. The first-order valence-electron chi connectivity index (χ1n) is 10.9. The van der Waals surface area contributed by atoms with E-state index in [2.05, 4.69) is 15.3 Å². The molecule has 2 aliphatic rings. The van der Waals surface area contributed by atoms with Crippen molar-refractivity contribution in [1.29, 1.82) is 0 Å². The molecule has 1 aromatic heterocycles. The molecule has 1 amide bonds. The molecule has 1 N–H and O–H groups in total. The van der Waals surface area contributed by atoms with E-state index >= 15 is 0 Å². The number of nitrogens with zero attached hydrogens (tertiary/aromatic N) is 2. The molecule has 1 fully saturated rings. The molecule has 0 spiro atoms. The molecule has 1 aliphatic carbocycles. The van der Waals surface area contributed by atoms with Gasteiger partial charge in [-0.1, -0.05) is 31.4 Å². The van der Waals surface area contributed by atoms with Crippen LogP contribution < -0.4 is 5.32 Å². The van der Waals surface area contributed by atoms with E-state index in [1.165, 1.54) is 19.3 Å². The highest BCUT2D eigenvalue weighted by molar-refractivity contribution is 6.09. The number of ketones is 1. The number of rotatable bonds is 8. The molecule has 1 aliphatic heterocycles. The van der Waals surface area contributed by atoms with Crippen molar-refractivity contribution in [2.24, 2.45) is 4.99 Å². The van der Waals surface area contributed by atoms with Gasteiger partial charge in [0.05, 0.1) is 12.7 Å². The van der Waals surface area contributed by atoms with E-state index in [0.29, 0.717) is 36.3 Å². The van der Waals surface area contributed by atoms with Crippen molar-refractivity contribution in [1.82, 2.24) is 10.3 Å². The average molecular weight is 421 g/mol. The second-order valence-corrected chi connectivity index (χ2v) is 7.83. The van der Waals surface area contributed by atoms with Crippen molar-refractivity contribution in [2.75, 3.05) is 19.8 Å². The van der Waals surface area contributed by atoms with E-state index in [-0.39, 0.29) is 18.3 Å². The van der Waals surface area contributed by atoms with Gasteiger partial charge in [-0.3, -0.25) is 14.6 Å². The second kappa shape index (κ2) is 10.3. The number of hydrogen-bond donors (Lipinski definition) is 1. The molecule has 2 aromatic rings. The highest BCUT2D eigenvalue weighted by Crippen LogP contribution is 2.20. The molecular weight excluding hydrogens is 394 g/mol. The molecule has 1 saturated carbocycles. The van der Waals surface area contributed by atoms with Crippen LogP contribution in [0.5, 0.6) is 0 Å². The minimum atomic E-state index is -0.568. The summed E-state index contributed by atoms with van der Waals surface area (Å²) in [7, 11) is 0. The van der Waals surface area contributed by atoms with Crippen LogP contribution in [0.1, 0.15) is 53.6 Å². The summed E-state index contributed by atoms with van der Waals surface area (Å²) in [6.45, 7) is 1.20. The molecule has 0 radical (unpaired) electrons. The number of carbonyl (C=O) groups is 2. The number of hydrogen-bond acceptors (Lipinski definition) is 6. The number of amides is 1. The smallest absolute Gasteiger partial charge is 0.248 e. The first-order chi connectivity index (χ1) is 15.2. The fraction of sp³-hybridized carbons (Fsp3) is 0.417. The fourth-order valence-corrected chi connectivity index (χ4v) is 3.84. The summed E-state index contributed by atoms with van der Waals surface area (Å²) >= 11 is 0. The molecule has 0 unspecified atom stereocenters. The van der Waals surface area contributed by atoms with E-state index in [9.17, 15) is 9.59 Å². The Kier molecular flexibility index (Phi) is 7.04. The van der Waals surface area contributed by atoms with E-state index in [1.54, 1.807) is 48.8 Å². The standard InChI is InChI=1S/C24H27N3O4/c28-22(19-5-4-12-25-15-19)17-8-10-18(11-9-17)24-27-21(16-31-24)23(29)26-13-14-30-20-6-2-1-3-7-20/h4-5,8-12,15,20-21H,1-3,6-7,13-14,16H2,(H,26,29)/t21-/m0/s1. The Morgan fingerprint density at radius 1 is 1.06 bits per heavy atom. The first kappa shape index (κ1) is 21.2. The normalized spacial score (nSPS) is 18.8. The Bertz CT molecular complexity index is 922. The van der Waals surface area contributed by atoms with Gasteiger partial charge in [-0.25, -0.2) is 4.99 Å². The number of aromatic nitrogens is 1. The number of carbonyl (C=O) groups excluding carboxylic acids is 2. The topological polar surface area (TPSA) is 89.9 Å². The number of ether oxygens (including phenoxy) is 2. The van der Waals surface area contributed by atoms with Gasteiger partial charge in [-0.15, -0.1) is 0 Å². The third-order valence-electron chi connectivity index (χ3n) is 5.58.